The number of fused-ring (bicyclic) bond motifs is 3. The minimum Gasteiger partial charge on any atom is -0.410 e. The van der Waals surface area contributed by atoms with Crippen molar-refractivity contribution in [3.05, 3.63) is 64.0 Å². The fourth-order valence-electron chi connectivity index (χ4n) is 2.42. The van der Waals surface area contributed by atoms with Gasteiger partial charge in [-0.15, -0.1) is 0 Å². The van der Waals surface area contributed by atoms with Crippen LogP contribution >= 0.6 is 0 Å². The normalized spacial score (nSPS) is 12.2. The Morgan fingerprint density at radius 1 is 1.10 bits per heavy atom. The summed E-state index contributed by atoms with van der Waals surface area (Å²) < 4.78 is 14.9. The maximum atomic E-state index is 13.5. The third-order valence-corrected chi connectivity index (χ3v) is 3.40. The van der Waals surface area contributed by atoms with Gasteiger partial charge in [0.25, 0.3) is 5.56 Å². The maximum absolute atomic E-state index is 13.5. The Balaban J connectivity index is 2.85. The number of aromatic nitrogens is 1. The molecule has 20 heavy (non-hydrogen) atoms. The minimum absolute atomic E-state index is 0.0558. The lowest BCUT2D eigenvalue weighted by Gasteiger charge is -2.00. The van der Waals surface area contributed by atoms with Crippen molar-refractivity contribution in [1.29, 1.82) is 0 Å². The second kappa shape index (κ2) is 4.45. The Labute approximate surface area is 113 Å². The molecule has 100 valence electrons. The Morgan fingerprint density at radius 3 is 2.50 bits per heavy atom. The van der Waals surface area contributed by atoms with Crippen LogP contribution in [0.3, 0.4) is 0 Å². The Hall–Kier alpha value is -2.69. The smallest absolute Gasteiger partial charge is 0.280 e. The first kappa shape index (κ1) is 12.3. The van der Waals surface area contributed by atoms with Crippen LogP contribution < -0.4 is 10.9 Å². The first-order valence-electron chi connectivity index (χ1n) is 6.03. The van der Waals surface area contributed by atoms with E-state index in [1.165, 1.54) is 16.7 Å². The van der Waals surface area contributed by atoms with Crippen molar-refractivity contribution < 1.29 is 9.60 Å². The van der Waals surface area contributed by atoms with Crippen LogP contribution in [-0.2, 0) is 7.05 Å². The summed E-state index contributed by atoms with van der Waals surface area (Å²) in [5, 5.41) is 13.9. The topological polar surface area (TPSA) is 54.6 Å². The third kappa shape index (κ3) is 1.67. The summed E-state index contributed by atoms with van der Waals surface area (Å²) in [6, 6.07) is 11.2. The lowest BCUT2D eigenvalue weighted by molar-refractivity contribution is 0.301. The molecular weight excluding hydrogens is 259 g/mol. The van der Waals surface area contributed by atoms with E-state index in [1.54, 1.807) is 37.4 Å². The zero-order valence-corrected chi connectivity index (χ0v) is 10.7. The molecule has 0 unspecified atom stereocenters. The van der Waals surface area contributed by atoms with Gasteiger partial charge in [-0.2, -0.15) is 0 Å². The molecule has 0 saturated heterocycles. The zero-order chi connectivity index (χ0) is 14.3. The molecule has 0 amide bonds. The zero-order valence-electron chi connectivity index (χ0n) is 10.7. The number of rotatable bonds is 0. The Morgan fingerprint density at radius 2 is 1.80 bits per heavy atom. The molecule has 5 heteroatoms. The molecule has 3 rings (SSSR count). The Bertz CT molecular complexity index is 961. The monoisotopic (exact) mass is 270 g/mol. The van der Waals surface area contributed by atoms with Crippen LogP contribution in [-0.4, -0.2) is 9.77 Å². The van der Waals surface area contributed by atoms with E-state index in [0.717, 1.165) is 0 Å². The predicted molar refractivity (Wildman–Crippen MR) is 74.0 cm³/mol. The molecule has 1 heterocycles. The number of hydrogen-bond donors (Lipinski definition) is 1. The summed E-state index contributed by atoms with van der Waals surface area (Å²) in [6.45, 7) is 0. The number of benzene rings is 2. The molecule has 0 aliphatic carbocycles. The molecule has 1 aromatic heterocycles. The quantitative estimate of drug-likeness (QED) is 0.502. The summed E-state index contributed by atoms with van der Waals surface area (Å²) in [4.78, 5) is 12.3. The van der Waals surface area contributed by atoms with E-state index in [1.807, 2.05) is 0 Å². The SMILES string of the molecule is Cn1c(=O)/c(=N\O)c2ccccc2c2cc(F)ccc21. The Kier molecular flexibility index (Phi) is 2.75. The highest BCUT2D eigenvalue weighted by molar-refractivity contribution is 6.04. The van der Waals surface area contributed by atoms with Crippen molar-refractivity contribution in [2.24, 2.45) is 12.2 Å². The molecule has 1 N–H and O–H groups in total. The number of aryl methyl sites for hydroxylation is 1. The van der Waals surface area contributed by atoms with E-state index < -0.39 is 5.56 Å². The first-order valence-corrected chi connectivity index (χ1v) is 6.03. The highest BCUT2D eigenvalue weighted by Crippen LogP contribution is 2.21. The third-order valence-electron chi connectivity index (χ3n) is 3.40. The van der Waals surface area contributed by atoms with Gasteiger partial charge >= 0.3 is 0 Å². The van der Waals surface area contributed by atoms with Crippen LogP contribution in [0.15, 0.2) is 52.4 Å². The highest BCUT2D eigenvalue weighted by Gasteiger charge is 2.08. The molecule has 0 aliphatic rings. The second-order valence-corrected chi connectivity index (χ2v) is 4.52. The van der Waals surface area contributed by atoms with Gasteiger partial charge in [0.05, 0.1) is 5.52 Å². The van der Waals surface area contributed by atoms with Crippen LogP contribution in [0, 0.1) is 5.82 Å². The van der Waals surface area contributed by atoms with Gasteiger partial charge in [0.2, 0.25) is 0 Å². The van der Waals surface area contributed by atoms with Crippen molar-refractivity contribution in [2.45, 2.75) is 0 Å². The fourth-order valence-corrected chi connectivity index (χ4v) is 2.42. The molecule has 0 fully saturated rings. The van der Waals surface area contributed by atoms with Gasteiger partial charge in [0, 0.05) is 17.8 Å². The maximum Gasteiger partial charge on any atom is 0.280 e. The van der Waals surface area contributed by atoms with Crippen LogP contribution in [0.2, 0.25) is 0 Å². The number of hydrogen-bond acceptors (Lipinski definition) is 3. The van der Waals surface area contributed by atoms with Crippen LogP contribution in [0.1, 0.15) is 0 Å². The van der Waals surface area contributed by atoms with E-state index in [4.69, 9.17) is 5.21 Å². The fraction of sp³-hybridized carbons (Fsp3) is 0.0667. The summed E-state index contributed by atoms with van der Waals surface area (Å²) in [7, 11) is 1.57. The molecule has 0 atom stereocenters. The van der Waals surface area contributed by atoms with E-state index in [9.17, 15) is 9.18 Å². The van der Waals surface area contributed by atoms with Gasteiger partial charge < -0.3 is 9.77 Å². The van der Waals surface area contributed by atoms with E-state index >= 15 is 0 Å². The van der Waals surface area contributed by atoms with Crippen molar-refractivity contribution in [1.82, 2.24) is 4.57 Å². The van der Waals surface area contributed by atoms with Crippen molar-refractivity contribution in [2.75, 3.05) is 0 Å². The molecule has 4 nitrogen and oxygen atoms in total. The van der Waals surface area contributed by atoms with Crippen LogP contribution in [0.25, 0.3) is 21.7 Å². The highest BCUT2D eigenvalue weighted by atomic mass is 19.1. The molecule has 3 aromatic rings. The molecule has 0 saturated carbocycles. The average molecular weight is 270 g/mol. The van der Waals surface area contributed by atoms with Gasteiger partial charge in [-0.05, 0) is 23.6 Å². The lowest BCUT2D eigenvalue weighted by Crippen LogP contribution is -2.31. The minimum atomic E-state index is -0.440. The summed E-state index contributed by atoms with van der Waals surface area (Å²) in [6.07, 6.45) is 0. The standard InChI is InChI=1S/C15H11FN2O2/c1-18-13-7-6-9(16)8-12(13)10-4-2-3-5-11(10)14(17-20)15(18)19/h2-8,20H,1H3/b17-14-. The number of halogens is 1. The summed E-state index contributed by atoms with van der Waals surface area (Å²) in [5.41, 5.74) is 0.132. The predicted octanol–water partition coefficient (Wildman–Crippen LogP) is 2.12. The molecule has 0 bridgehead atoms. The second-order valence-electron chi connectivity index (χ2n) is 4.52. The number of nitrogens with zero attached hydrogens (tertiary/aromatic N) is 2. The van der Waals surface area contributed by atoms with Gasteiger partial charge in [0.15, 0.2) is 5.36 Å². The van der Waals surface area contributed by atoms with E-state index in [-0.39, 0.29) is 11.2 Å². The average Bonchev–Trinajstić information content (AvgIpc) is 2.55. The van der Waals surface area contributed by atoms with Gasteiger partial charge in [-0.3, -0.25) is 4.79 Å². The molecule has 0 aliphatic heterocycles. The summed E-state index contributed by atoms with van der Waals surface area (Å²) in [5.74, 6) is -0.385. The van der Waals surface area contributed by atoms with Gasteiger partial charge in [-0.25, -0.2) is 4.39 Å². The molecule has 0 radical (unpaired) electrons. The van der Waals surface area contributed by atoms with Crippen molar-refractivity contribution in [3.63, 3.8) is 0 Å². The van der Waals surface area contributed by atoms with Crippen molar-refractivity contribution in [3.8, 4) is 0 Å². The van der Waals surface area contributed by atoms with E-state index in [0.29, 0.717) is 21.7 Å². The lowest BCUT2D eigenvalue weighted by atomic mass is 10.1. The summed E-state index contributed by atoms with van der Waals surface area (Å²) >= 11 is 0. The molecular formula is C15H11FN2O2. The van der Waals surface area contributed by atoms with Crippen molar-refractivity contribution >= 4 is 21.7 Å². The largest absolute Gasteiger partial charge is 0.410 e. The molecule has 2 aromatic carbocycles. The van der Waals surface area contributed by atoms with Gasteiger partial charge in [0.1, 0.15) is 5.82 Å². The molecule has 0 spiro atoms. The first-order chi connectivity index (χ1) is 9.63. The van der Waals surface area contributed by atoms with Crippen LogP contribution in [0.5, 0.6) is 0 Å². The van der Waals surface area contributed by atoms with Crippen LogP contribution in [0.4, 0.5) is 4.39 Å². The van der Waals surface area contributed by atoms with E-state index in [2.05, 4.69) is 5.16 Å². The van der Waals surface area contributed by atoms with Gasteiger partial charge in [-0.1, -0.05) is 29.4 Å².